The zero-order valence-electron chi connectivity index (χ0n) is 11.9. The van der Waals surface area contributed by atoms with E-state index >= 15 is 0 Å². The van der Waals surface area contributed by atoms with Crippen molar-refractivity contribution in [3.63, 3.8) is 0 Å². The van der Waals surface area contributed by atoms with Gasteiger partial charge >= 0.3 is 109 Å². The summed E-state index contributed by atoms with van der Waals surface area (Å²) in [5.74, 6) is -4.32. The van der Waals surface area contributed by atoms with E-state index in [-0.39, 0.29) is 108 Å². The van der Waals surface area contributed by atoms with Crippen molar-refractivity contribution in [3.8, 4) is 0 Å². The molecule has 0 amide bonds. The molecule has 108 valence electrons. The van der Waals surface area contributed by atoms with Crippen LogP contribution in [0.25, 0.3) is 0 Å². The molecular weight excluding hydrogens is 361 g/mol. The Morgan fingerprint density at radius 1 is 1.38 bits per heavy atom. The molecular formula is C9H11K2O9P. The minimum absolute atomic E-state index is 0. The minimum Gasteiger partial charge on any atom is -0.780 e. The van der Waals surface area contributed by atoms with Crippen LogP contribution in [-0.4, -0.2) is 33.5 Å². The standard InChI is InChI=1S/C9H13O9P.2K/c1-3(2)4(10)5(11)7-6(12)8(9(13)17-7)18-19(14,15)16;;/h5,7,10-12H,1-2H3,(H2,14,15,16);;/q;2*+1/p-2/t5-,7+;;/m0../s1. The number of phosphoric acid groups is 1. The molecule has 0 aliphatic carbocycles. The first-order valence-electron chi connectivity index (χ1n) is 4.94. The summed E-state index contributed by atoms with van der Waals surface area (Å²) in [6, 6.07) is 0. The van der Waals surface area contributed by atoms with E-state index in [9.17, 15) is 34.5 Å². The molecule has 0 saturated heterocycles. The molecule has 0 bridgehead atoms. The van der Waals surface area contributed by atoms with Crippen LogP contribution < -0.4 is 113 Å². The molecule has 9 nitrogen and oxygen atoms in total. The van der Waals surface area contributed by atoms with Gasteiger partial charge in [-0.2, -0.15) is 0 Å². The van der Waals surface area contributed by atoms with Gasteiger partial charge in [0.25, 0.3) is 5.76 Å². The van der Waals surface area contributed by atoms with Gasteiger partial charge in [0.15, 0.2) is 18.0 Å². The van der Waals surface area contributed by atoms with E-state index in [1.54, 1.807) is 0 Å². The van der Waals surface area contributed by atoms with Crippen molar-refractivity contribution in [1.82, 2.24) is 0 Å². The van der Waals surface area contributed by atoms with E-state index in [0.717, 1.165) is 0 Å². The van der Waals surface area contributed by atoms with Gasteiger partial charge in [0, 0.05) is 0 Å². The summed E-state index contributed by atoms with van der Waals surface area (Å²) in [5.41, 5.74) is 0.282. The topological polar surface area (TPSA) is 159 Å². The van der Waals surface area contributed by atoms with Crippen LogP contribution in [-0.2, 0) is 18.6 Å². The van der Waals surface area contributed by atoms with Crippen molar-refractivity contribution < 1.29 is 146 Å². The Kier molecular flexibility index (Phi) is 11.8. The number of hydrogen-bond acceptors (Lipinski definition) is 9. The molecule has 1 heterocycles. The Hall–Kier alpha value is 1.73. The number of rotatable bonds is 4. The molecule has 2 atom stereocenters. The largest absolute Gasteiger partial charge is 1.00 e. The molecule has 0 aromatic carbocycles. The molecule has 21 heavy (non-hydrogen) atoms. The number of allylic oxidation sites excluding steroid dienone is 1. The fraction of sp³-hybridized carbons (Fsp3) is 0.444. The molecule has 0 aromatic rings. The summed E-state index contributed by atoms with van der Waals surface area (Å²) in [4.78, 5) is 31.9. The van der Waals surface area contributed by atoms with Gasteiger partial charge < -0.3 is 38.9 Å². The Balaban J connectivity index is 0. The average Bonchev–Trinajstić information content (AvgIpc) is 2.53. The van der Waals surface area contributed by atoms with Crippen LogP contribution in [0.4, 0.5) is 0 Å². The number of aliphatic hydroxyl groups excluding tert-OH is 3. The summed E-state index contributed by atoms with van der Waals surface area (Å²) in [7, 11) is -5.56. The third-order valence-electron chi connectivity index (χ3n) is 2.20. The van der Waals surface area contributed by atoms with Crippen LogP contribution in [0.15, 0.2) is 22.9 Å². The molecule has 0 aromatic heterocycles. The summed E-state index contributed by atoms with van der Waals surface area (Å²) in [6.07, 6.45) is -3.56. The van der Waals surface area contributed by atoms with Gasteiger partial charge in [-0.1, -0.05) is 0 Å². The summed E-state index contributed by atoms with van der Waals surface area (Å²) >= 11 is 0. The van der Waals surface area contributed by atoms with Gasteiger partial charge in [0.2, 0.25) is 0 Å². The predicted octanol–water partition coefficient (Wildman–Crippen LogP) is -7.25. The maximum Gasteiger partial charge on any atom is 1.00 e. The Labute approximate surface area is 205 Å². The van der Waals surface area contributed by atoms with Gasteiger partial charge in [-0.15, -0.1) is 0 Å². The van der Waals surface area contributed by atoms with Crippen molar-refractivity contribution in [2.45, 2.75) is 26.1 Å². The average molecular weight is 372 g/mol. The van der Waals surface area contributed by atoms with Gasteiger partial charge in [-0.3, -0.25) is 0 Å². The molecule has 0 radical (unpaired) electrons. The van der Waals surface area contributed by atoms with E-state index < -0.39 is 43.3 Å². The zero-order chi connectivity index (χ0) is 15.0. The summed E-state index contributed by atoms with van der Waals surface area (Å²) in [5, 5.41) is 28.6. The second-order valence-electron chi connectivity index (χ2n) is 3.91. The first kappa shape index (κ1) is 25.0. The van der Waals surface area contributed by atoms with E-state index in [1.807, 2.05) is 0 Å². The fourth-order valence-electron chi connectivity index (χ4n) is 1.31. The number of carbonyl (C=O) groups is 1. The Bertz CT molecular complexity index is 505. The smallest absolute Gasteiger partial charge is 0.780 e. The van der Waals surface area contributed by atoms with Crippen LogP contribution >= 0.6 is 7.82 Å². The zero-order valence-corrected chi connectivity index (χ0v) is 19.0. The van der Waals surface area contributed by atoms with Gasteiger partial charge in [0.05, 0.1) is 0 Å². The quantitative estimate of drug-likeness (QED) is 0.188. The van der Waals surface area contributed by atoms with E-state index in [1.165, 1.54) is 13.8 Å². The molecule has 0 spiro atoms. The van der Waals surface area contributed by atoms with Crippen LogP contribution in [0, 0.1) is 0 Å². The van der Waals surface area contributed by atoms with Crippen molar-refractivity contribution >= 4 is 13.8 Å². The maximum absolute atomic E-state index is 11.2. The molecule has 0 saturated carbocycles. The molecule has 1 aliphatic rings. The minimum atomic E-state index is -5.56. The number of ether oxygens (including phenoxy) is 1. The number of phosphoric ester groups is 1. The normalized spacial score (nSPS) is 19.1. The van der Waals surface area contributed by atoms with E-state index in [0.29, 0.717) is 0 Å². The third kappa shape index (κ3) is 7.01. The number of cyclic esters (lactones) is 1. The molecule has 1 rings (SSSR count). The molecule has 3 N–H and O–H groups in total. The van der Waals surface area contributed by atoms with Crippen LogP contribution in [0.1, 0.15) is 13.8 Å². The van der Waals surface area contributed by atoms with Gasteiger partial charge in [-0.25, -0.2) is 4.79 Å². The molecule has 0 unspecified atom stereocenters. The summed E-state index contributed by atoms with van der Waals surface area (Å²) in [6.45, 7) is 2.88. The van der Waals surface area contributed by atoms with Gasteiger partial charge in [0.1, 0.15) is 13.6 Å². The van der Waals surface area contributed by atoms with Crippen molar-refractivity contribution in [2.75, 3.05) is 0 Å². The second-order valence-corrected chi connectivity index (χ2v) is 4.99. The number of esters is 1. The van der Waals surface area contributed by atoms with Crippen LogP contribution in [0.3, 0.4) is 0 Å². The molecule has 0 fully saturated rings. The Morgan fingerprint density at radius 2 is 1.86 bits per heavy atom. The van der Waals surface area contributed by atoms with E-state index in [2.05, 4.69) is 9.26 Å². The number of carbonyl (C=O) groups excluding carboxylic acids is 1. The van der Waals surface area contributed by atoms with E-state index in [4.69, 9.17) is 0 Å². The SMILES string of the molecule is CC(C)=C(O)[C@H](O)[C@H]1OC(=O)C(OP(=O)([O-])[O-])=C1O.[K+].[K+]. The van der Waals surface area contributed by atoms with Crippen molar-refractivity contribution in [3.05, 3.63) is 22.9 Å². The second kappa shape index (κ2) is 9.89. The fourth-order valence-corrected chi connectivity index (χ4v) is 1.70. The maximum atomic E-state index is 11.2. The molecule has 12 heteroatoms. The first-order valence-corrected chi connectivity index (χ1v) is 6.41. The van der Waals surface area contributed by atoms with Crippen LogP contribution in [0.2, 0.25) is 0 Å². The third-order valence-corrected chi connectivity index (χ3v) is 2.61. The Morgan fingerprint density at radius 3 is 2.24 bits per heavy atom. The monoisotopic (exact) mass is 372 g/mol. The van der Waals surface area contributed by atoms with Crippen molar-refractivity contribution in [1.29, 1.82) is 0 Å². The predicted molar refractivity (Wildman–Crippen MR) is 55.2 cm³/mol. The number of aliphatic hydroxyl groups is 3. The molecule has 1 aliphatic heterocycles. The van der Waals surface area contributed by atoms with Crippen LogP contribution in [0.5, 0.6) is 0 Å². The van der Waals surface area contributed by atoms with Crippen molar-refractivity contribution in [2.24, 2.45) is 0 Å². The first-order chi connectivity index (χ1) is 8.54. The summed E-state index contributed by atoms with van der Waals surface area (Å²) < 4.78 is 18.5. The van der Waals surface area contributed by atoms with Gasteiger partial charge in [-0.05, 0) is 19.4 Å². The number of hydrogen-bond donors (Lipinski definition) is 3.